The topological polar surface area (TPSA) is 12.9 Å². The first-order valence-electron chi connectivity index (χ1n) is 7.11. The minimum absolute atomic E-state index is 0.0221. The van der Waals surface area contributed by atoms with Gasteiger partial charge in [0.15, 0.2) is 0 Å². The van der Waals surface area contributed by atoms with E-state index >= 15 is 0 Å². The van der Waals surface area contributed by atoms with Crippen LogP contribution in [0.2, 0.25) is 0 Å². The molecule has 0 aliphatic rings. The third-order valence-corrected chi connectivity index (χ3v) is 5.17. The summed E-state index contributed by atoms with van der Waals surface area (Å²) in [7, 11) is 0. The molecule has 0 N–H and O–H groups in total. The molecule has 0 aliphatic heterocycles. The molecular weight excluding hydrogens is 298 g/mol. The van der Waals surface area contributed by atoms with Crippen molar-refractivity contribution in [2.75, 3.05) is 0 Å². The number of aryl methyl sites for hydroxylation is 3. The summed E-state index contributed by atoms with van der Waals surface area (Å²) in [4.78, 5) is 4.69. The van der Waals surface area contributed by atoms with Gasteiger partial charge in [-0.3, -0.25) is 0 Å². The lowest BCUT2D eigenvalue weighted by Crippen LogP contribution is -2.01. The zero-order chi connectivity index (χ0) is 15.0. The molecule has 2 aromatic carbocycles. The van der Waals surface area contributed by atoms with Crippen LogP contribution in [0.4, 0.5) is 0 Å². The number of nitrogens with zero attached hydrogens (tertiary/aromatic N) is 1. The Morgan fingerprint density at radius 2 is 1.76 bits per heavy atom. The highest BCUT2D eigenvalue weighted by Gasteiger charge is 2.16. The largest absolute Gasteiger partial charge is 0.241 e. The molecule has 0 aliphatic carbocycles. The second-order valence-corrected chi connectivity index (χ2v) is 7.20. The summed E-state index contributed by atoms with van der Waals surface area (Å²) in [6.45, 7) is 6.41. The number of para-hydroxylation sites is 1. The monoisotopic (exact) mass is 315 g/mol. The third-order valence-electron chi connectivity index (χ3n) is 3.74. The van der Waals surface area contributed by atoms with Crippen molar-refractivity contribution in [1.82, 2.24) is 4.98 Å². The number of benzene rings is 2. The molecule has 0 radical (unpaired) electrons. The van der Waals surface area contributed by atoms with Crippen LogP contribution in [0.5, 0.6) is 0 Å². The van der Waals surface area contributed by atoms with Gasteiger partial charge in [0.2, 0.25) is 0 Å². The van der Waals surface area contributed by atoms with Crippen LogP contribution in [-0.2, 0) is 6.42 Å². The van der Waals surface area contributed by atoms with Crippen LogP contribution in [-0.4, -0.2) is 4.98 Å². The van der Waals surface area contributed by atoms with Crippen LogP contribution in [0.3, 0.4) is 0 Å². The minimum atomic E-state index is -0.0221. The summed E-state index contributed by atoms with van der Waals surface area (Å²) in [6.07, 6.45) is 0.783. The van der Waals surface area contributed by atoms with Gasteiger partial charge in [0, 0.05) is 6.42 Å². The van der Waals surface area contributed by atoms with Crippen molar-refractivity contribution in [2.45, 2.75) is 32.6 Å². The zero-order valence-electron chi connectivity index (χ0n) is 12.5. The number of rotatable bonds is 3. The summed E-state index contributed by atoms with van der Waals surface area (Å²) in [5, 5.41) is 1.08. The molecule has 1 nitrogen and oxygen atoms in total. The molecule has 3 heteroatoms. The van der Waals surface area contributed by atoms with E-state index in [2.05, 4.69) is 56.1 Å². The minimum Gasteiger partial charge on any atom is -0.241 e. The molecule has 1 atom stereocenters. The number of hydrogen-bond donors (Lipinski definition) is 0. The Hall–Kier alpha value is -1.38. The normalized spacial score (nSPS) is 12.8. The maximum Gasteiger partial charge on any atom is 0.0956 e. The van der Waals surface area contributed by atoms with Crippen molar-refractivity contribution in [2.24, 2.45) is 0 Å². The molecule has 0 saturated heterocycles. The molecule has 0 amide bonds. The van der Waals surface area contributed by atoms with Gasteiger partial charge >= 0.3 is 0 Å². The van der Waals surface area contributed by atoms with Gasteiger partial charge in [-0.05, 0) is 49.6 Å². The Bertz CT molecular complexity index is 735. The fourth-order valence-corrected chi connectivity index (χ4v) is 4.54. The fraction of sp³-hybridized carbons (Fsp3) is 0.278. The van der Waals surface area contributed by atoms with E-state index in [0.717, 1.165) is 16.9 Å². The average molecular weight is 316 g/mol. The smallest absolute Gasteiger partial charge is 0.0956 e. The zero-order valence-corrected chi connectivity index (χ0v) is 14.1. The number of thiazole rings is 1. The lowest BCUT2D eigenvalue weighted by Gasteiger charge is -2.15. The Labute approximate surface area is 134 Å². The lowest BCUT2D eigenvalue weighted by molar-refractivity contribution is 0.891. The Morgan fingerprint density at radius 3 is 2.43 bits per heavy atom. The molecule has 1 unspecified atom stereocenters. The second kappa shape index (κ2) is 5.78. The Morgan fingerprint density at radius 1 is 1.10 bits per heavy atom. The van der Waals surface area contributed by atoms with Gasteiger partial charge in [0.25, 0.3) is 0 Å². The number of halogens is 1. The maximum atomic E-state index is 6.70. The third kappa shape index (κ3) is 2.97. The van der Waals surface area contributed by atoms with Crippen molar-refractivity contribution in [3.05, 3.63) is 63.7 Å². The first kappa shape index (κ1) is 14.6. The number of aromatic nitrogens is 1. The molecule has 21 heavy (non-hydrogen) atoms. The molecule has 0 bridgehead atoms. The van der Waals surface area contributed by atoms with Gasteiger partial charge in [0.1, 0.15) is 0 Å². The SMILES string of the molecule is Cc1cc(C)c(C(Cl)Cc2nc3ccccc3s2)c(C)c1. The predicted molar refractivity (Wildman–Crippen MR) is 92.6 cm³/mol. The molecule has 3 rings (SSSR count). The molecule has 0 fully saturated rings. The van der Waals surface area contributed by atoms with E-state index in [1.54, 1.807) is 11.3 Å². The Balaban J connectivity index is 1.91. The van der Waals surface area contributed by atoms with Crippen molar-refractivity contribution in [1.29, 1.82) is 0 Å². The van der Waals surface area contributed by atoms with Crippen LogP contribution >= 0.6 is 22.9 Å². The van der Waals surface area contributed by atoms with E-state index in [1.165, 1.54) is 27.0 Å². The number of alkyl halides is 1. The summed E-state index contributed by atoms with van der Waals surface area (Å²) < 4.78 is 1.23. The van der Waals surface area contributed by atoms with Gasteiger partial charge in [-0.15, -0.1) is 22.9 Å². The fourth-order valence-electron chi connectivity index (χ4n) is 2.95. The number of hydrogen-bond acceptors (Lipinski definition) is 2. The van der Waals surface area contributed by atoms with E-state index in [0.29, 0.717) is 0 Å². The van der Waals surface area contributed by atoms with Crippen LogP contribution in [0.1, 0.15) is 32.6 Å². The predicted octanol–water partition coefficient (Wildman–Crippen LogP) is 5.74. The summed E-state index contributed by atoms with van der Waals surface area (Å²) in [6, 6.07) is 12.7. The van der Waals surface area contributed by atoms with Crippen LogP contribution in [0.15, 0.2) is 36.4 Å². The van der Waals surface area contributed by atoms with Crippen molar-refractivity contribution >= 4 is 33.2 Å². The first-order chi connectivity index (χ1) is 10.0. The average Bonchev–Trinajstić information content (AvgIpc) is 2.79. The maximum absolute atomic E-state index is 6.70. The highest BCUT2D eigenvalue weighted by Crippen LogP contribution is 2.33. The highest BCUT2D eigenvalue weighted by molar-refractivity contribution is 7.18. The first-order valence-corrected chi connectivity index (χ1v) is 8.36. The van der Waals surface area contributed by atoms with Gasteiger partial charge < -0.3 is 0 Å². The molecule has 108 valence electrons. The Kier molecular flexibility index (Phi) is 4.01. The van der Waals surface area contributed by atoms with E-state index in [4.69, 9.17) is 11.6 Å². The molecule has 0 saturated carbocycles. The van der Waals surface area contributed by atoms with Crippen LogP contribution in [0, 0.1) is 20.8 Å². The van der Waals surface area contributed by atoms with Crippen LogP contribution < -0.4 is 0 Å². The van der Waals surface area contributed by atoms with E-state index in [1.807, 2.05) is 6.07 Å². The molecule has 1 heterocycles. The summed E-state index contributed by atoms with van der Waals surface area (Å²) in [5.74, 6) is 0. The van der Waals surface area contributed by atoms with Gasteiger partial charge in [-0.1, -0.05) is 29.8 Å². The van der Waals surface area contributed by atoms with Crippen molar-refractivity contribution in [3.8, 4) is 0 Å². The summed E-state index contributed by atoms with van der Waals surface area (Å²) in [5.41, 5.74) is 6.15. The summed E-state index contributed by atoms with van der Waals surface area (Å²) >= 11 is 8.44. The standard InChI is InChI=1S/C18H18ClNS/c1-11-8-12(2)18(13(3)9-11)14(19)10-17-20-15-6-4-5-7-16(15)21-17/h4-9,14H,10H2,1-3H3. The van der Waals surface area contributed by atoms with Gasteiger partial charge in [-0.2, -0.15) is 0 Å². The van der Waals surface area contributed by atoms with Crippen molar-refractivity contribution in [3.63, 3.8) is 0 Å². The highest BCUT2D eigenvalue weighted by atomic mass is 35.5. The molecule has 3 aromatic rings. The van der Waals surface area contributed by atoms with Gasteiger partial charge in [0.05, 0.1) is 20.6 Å². The van der Waals surface area contributed by atoms with E-state index < -0.39 is 0 Å². The van der Waals surface area contributed by atoms with E-state index in [9.17, 15) is 0 Å². The van der Waals surface area contributed by atoms with Crippen molar-refractivity contribution < 1.29 is 0 Å². The van der Waals surface area contributed by atoms with E-state index in [-0.39, 0.29) is 5.38 Å². The molecule has 0 spiro atoms. The number of fused-ring (bicyclic) bond motifs is 1. The quantitative estimate of drug-likeness (QED) is 0.561. The van der Waals surface area contributed by atoms with Crippen LogP contribution in [0.25, 0.3) is 10.2 Å². The van der Waals surface area contributed by atoms with Gasteiger partial charge in [-0.25, -0.2) is 4.98 Å². The lowest BCUT2D eigenvalue weighted by atomic mass is 9.96. The molecular formula is C18H18ClNS. The second-order valence-electron chi connectivity index (χ2n) is 5.56. The molecule has 1 aromatic heterocycles.